The topological polar surface area (TPSA) is 43.4 Å². The second kappa shape index (κ2) is 8.59. The number of Topliss-reactive ketones (excluding diaryl/α,β-unsaturated/α-hetero) is 2. The first-order valence-electron chi connectivity index (χ1n) is 6.83. The standard InChI is InChI=1S/C16H22O3/c1-3-4-8-11-19-16(13(2)17)15(18)12-14-9-6-5-7-10-14/h5-7,9-10,16H,3-4,8,11-12H2,1-2H3. The Labute approximate surface area is 115 Å². The van der Waals surface area contributed by atoms with Gasteiger partial charge in [-0.15, -0.1) is 0 Å². The van der Waals surface area contributed by atoms with Gasteiger partial charge < -0.3 is 4.74 Å². The Morgan fingerprint density at radius 2 is 1.84 bits per heavy atom. The van der Waals surface area contributed by atoms with Crippen molar-refractivity contribution in [3.05, 3.63) is 35.9 Å². The van der Waals surface area contributed by atoms with Gasteiger partial charge in [-0.05, 0) is 18.9 Å². The zero-order valence-corrected chi connectivity index (χ0v) is 11.7. The van der Waals surface area contributed by atoms with E-state index in [2.05, 4.69) is 6.92 Å². The quantitative estimate of drug-likeness (QED) is 0.507. The smallest absolute Gasteiger partial charge is 0.174 e. The van der Waals surface area contributed by atoms with E-state index in [1.54, 1.807) is 0 Å². The number of hydrogen-bond donors (Lipinski definition) is 0. The molecule has 0 aliphatic carbocycles. The summed E-state index contributed by atoms with van der Waals surface area (Å²) in [7, 11) is 0. The van der Waals surface area contributed by atoms with Crippen molar-refractivity contribution in [2.24, 2.45) is 0 Å². The molecule has 0 saturated heterocycles. The maximum Gasteiger partial charge on any atom is 0.174 e. The van der Waals surface area contributed by atoms with Gasteiger partial charge in [0.2, 0.25) is 0 Å². The highest BCUT2D eigenvalue weighted by molar-refractivity contribution is 6.05. The highest BCUT2D eigenvalue weighted by Gasteiger charge is 2.23. The molecule has 1 atom stereocenters. The van der Waals surface area contributed by atoms with Crippen molar-refractivity contribution in [1.82, 2.24) is 0 Å². The minimum Gasteiger partial charge on any atom is -0.363 e. The first kappa shape index (κ1) is 15.6. The normalized spacial score (nSPS) is 12.1. The van der Waals surface area contributed by atoms with Gasteiger partial charge in [0.15, 0.2) is 17.7 Å². The fraction of sp³-hybridized carbons (Fsp3) is 0.500. The molecular weight excluding hydrogens is 240 g/mol. The highest BCUT2D eigenvalue weighted by atomic mass is 16.5. The summed E-state index contributed by atoms with van der Waals surface area (Å²) < 4.78 is 5.44. The molecule has 0 aliphatic heterocycles. The summed E-state index contributed by atoms with van der Waals surface area (Å²) >= 11 is 0. The number of ketones is 2. The summed E-state index contributed by atoms with van der Waals surface area (Å²) in [5.41, 5.74) is 0.913. The van der Waals surface area contributed by atoms with E-state index in [1.165, 1.54) is 6.92 Å². The molecule has 0 radical (unpaired) electrons. The fourth-order valence-corrected chi connectivity index (χ4v) is 1.88. The Hall–Kier alpha value is -1.48. The molecule has 0 aromatic heterocycles. The van der Waals surface area contributed by atoms with Crippen LogP contribution in [0.3, 0.4) is 0 Å². The monoisotopic (exact) mass is 262 g/mol. The molecule has 1 rings (SSSR count). The van der Waals surface area contributed by atoms with Crippen LogP contribution >= 0.6 is 0 Å². The molecule has 0 bridgehead atoms. The van der Waals surface area contributed by atoms with Crippen molar-refractivity contribution in [2.45, 2.75) is 45.6 Å². The second-order valence-electron chi connectivity index (χ2n) is 4.70. The Balaban J connectivity index is 2.51. The van der Waals surface area contributed by atoms with E-state index >= 15 is 0 Å². The summed E-state index contributed by atoms with van der Waals surface area (Å²) in [5.74, 6) is -0.368. The van der Waals surface area contributed by atoms with Gasteiger partial charge in [0, 0.05) is 13.0 Å². The summed E-state index contributed by atoms with van der Waals surface area (Å²) in [6, 6.07) is 9.43. The number of carbonyl (C=O) groups is 2. The zero-order chi connectivity index (χ0) is 14.1. The van der Waals surface area contributed by atoms with Gasteiger partial charge in [0.25, 0.3) is 0 Å². The summed E-state index contributed by atoms with van der Waals surface area (Å²) in [4.78, 5) is 23.6. The molecule has 0 saturated carbocycles. The predicted molar refractivity (Wildman–Crippen MR) is 75.1 cm³/mol. The maximum atomic E-state index is 12.1. The molecular formula is C16H22O3. The maximum absolute atomic E-state index is 12.1. The fourth-order valence-electron chi connectivity index (χ4n) is 1.88. The lowest BCUT2D eigenvalue weighted by atomic mass is 10.0. The lowest BCUT2D eigenvalue weighted by molar-refractivity contribution is -0.141. The van der Waals surface area contributed by atoms with Crippen LogP contribution in [-0.2, 0) is 20.7 Å². The van der Waals surface area contributed by atoms with Crippen LogP contribution in [0.15, 0.2) is 30.3 Å². The molecule has 0 N–H and O–H groups in total. The molecule has 0 fully saturated rings. The van der Waals surface area contributed by atoms with Crippen molar-refractivity contribution in [1.29, 1.82) is 0 Å². The molecule has 19 heavy (non-hydrogen) atoms. The largest absolute Gasteiger partial charge is 0.363 e. The van der Waals surface area contributed by atoms with E-state index in [0.717, 1.165) is 24.8 Å². The van der Waals surface area contributed by atoms with Crippen molar-refractivity contribution in [3.8, 4) is 0 Å². The molecule has 3 heteroatoms. The predicted octanol–water partition coefficient (Wildman–Crippen LogP) is 2.96. The van der Waals surface area contributed by atoms with Gasteiger partial charge in [-0.3, -0.25) is 9.59 Å². The number of benzene rings is 1. The van der Waals surface area contributed by atoms with Crippen LogP contribution in [-0.4, -0.2) is 24.3 Å². The third-order valence-electron chi connectivity index (χ3n) is 2.92. The second-order valence-corrected chi connectivity index (χ2v) is 4.70. The number of unbranched alkanes of at least 4 members (excludes halogenated alkanes) is 2. The van der Waals surface area contributed by atoms with E-state index in [1.807, 2.05) is 30.3 Å². The van der Waals surface area contributed by atoms with Crippen molar-refractivity contribution < 1.29 is 14.3 Å². The average Bonchev–Trinajstić information content (AvgIpc) is 2.39. The lowest BCUT2D eigenvalue weighted by Gasteiger charge is -2.14. The first-order valence-corrected chi connectivity index (χ1v) is 6.83. The van der Waals surface area contributed by atoms with Gasteiger partial charge in [0.1, 0.15) is 0 Å². The molecule has 0 amide bonds. The summed E-state index contributed by atoms with van der Waals surface area (Å²) in [5, 5.41) is 0. The minimum absolute atomic E-state index is 0.157. The van der Waals surface area contributed by atoms with Gasteiger partial charge in [-0.2, -0.15) is 0 Å². The van der Waals surface area contributed by atoms with Crippen molar-refractivity contribution in [3.63, 3.8) is 0 Å². The van der Waals surface area contributed by atoms with Crippen LogP contribution in [0.5, 0.6) is 0 Å². The zero-order valence-electron chi connectivity index (χ0n) is 11.7. The van der Waals surface area contributed by atoms with Crippen LogP contribution in [0.1, 0.15) is 38.7 Å². The first-order chi connectivity index (χ1) is 9.15. The third kappa shape index (κ3) is 5.79. The van der Waals surface area contributed by atoms with Crippen LogP contribution in [0, 0.1) is 0 Å². The summed E-state index contributed by atoms with van der Waals surface area (Å²) in [6.45, 7) is 3.98. The number of rotatable bonds is 9. The molecule has 0 aliphatic rings. The van der Waals surface area contributed by atoms with E-state index in [4.69, 9.17) is 4.74 Å². The Kier molecular flexibility index (Phi) is 7.04. The third-order valence-corrected chi connectivity index (χ3v) is 2.92. The molecule has 1 aromatic carbocycles. The van der Waals surface area contributed by atoms with E-state index in [-0.39, 0.29) is 18.0 Å². The van der Waals surface area contributed by atoms with Crippen molar-refractivity contribution >= 4 is 11.6 Å². The van der Waals surface area contributed by atoms with E-state index in [0.29, 0.717) is 6.61 Å². The van der Waals surface area contributed by atoms with Gasteiger partial charge >= 0.3 is 0 Å². The molecule has 0 heterocycles. The van der Waals surface area contributed by atoms with Crippen LogP contribution in [0.25, 0.3) is 0 Å². The SMILES string of the molecule is CCCCCOC(C(C)=O)C(=O)Cc1ccccc1. The van der Waals surface area contributed by atoms with Crippen LogP contribution in [0.4, 0.5) is 0 Å². The number of hydrogen-bond acceptors (Lipinski definition) is 3. The van der Waals surface area contributed by atoms with E-state index in [9.17, 15) is 9.59 Å². The Morgan fingerprint density at radius 3 is 2.42 bits per heavy atom. The Bertz CT molecular complexity index is 398. The highest BCUT2D eigenvalue weighted by Crippen LogP contribution is 2.07. The molecule has 0 spiro atoms. The van der Waals surface area contributed by atoms with Gasteiger partial charge in [0.05, 0.1) is 0 Å². The minimum atomic E-state index is -0.905. The van der Waals surface area contributed by atoms with Crippen LogP contribution in [0.2, 0.25) is 0 Å². The number of carbonyl (C=O) groups excluding carboxylic acids is 2. The molecule has 1 aromatic rings. The molecule has 3 nitrogen and oxygen atoms in total. The van der Waals surface area contributed by atoms with Gasteiger partial charge in [-0.1, -0.05) is 50.1 Å². The summed E-state index contributed by atoms with van der Waals surface area (Å²) in [6.07, 6.45) is 2.37. The Morgan fingerprint density at radius 1 is 1.16 bits per heavy atom. The van der Waals surface area contributed by atoms with E-state index < -0.39 is 6.10 Å². The average molecular weight is 262 g/mol. The molecule has 104 valence electrons. The lowest BCUT2D eigenvalue weighted by Crippen LogP contribution is -2.33. The van der Waals surface area contributed by atoms with Crippen molar-refractivity contribution in [2.75, 3.05) is 6.61 Å². The van der Waals surface area contributed by atoms with Gasteiger partial charge in [-0.25, -0.2) is 0 Å². The van der Waals surface area contributed by atoms with Crippen LogP contribution < -0.4 is 0 Å². The molecule has 1 unspecified atom stereocenters. The number of ether oxygens (including phenoxy) is 1.